The van der Waals surface area contributed by atoms with E-state index in [-0.39, 0.29) is 13.0 Å². The molecule has 0 amide bonds. The van der Waals surface area contributed by atoms with E-state index >= 15 is 0 Å². The maximum Gasteiger partial charge on any atom is 0.350 e. The highest BCUT2D eigenvalue weighted by Gasteiger charge is 2.36. The third kappa shape index (κ3) is 2.43. The average Bonchev–Trinajstić information content (AvgIpc) is 2.72. The molecule has 0 saturated carbocycles. The van der Waals surface area contributed by atoms with Crippen LogP contribution in [0.4, 0.5) is 4.39 Å². The molecule has 2 heterocycles. The quantitative estimate of drug-likeness (QED) is 0.655. The maximum absolute atomic E-state index is 13.5. The molecule has 3 atom stereocenters. The molecule has 0 unspecified atom stereocenters. The molecule has 1 saturated heterocycles. The number of thioether (sulfide) groups is 1. The van der Waals surface area contributed by atoms with Crippen molar-refractivity contribution in [1.82, 2.24) is 9.55 Å². The van der Waals surface area contributed by atoms with Crippen molar-refractivity contribution in [2.24, 2.45) is 0 Å². The number of aryl methyl sites for hydroxylation is 1. The van der Waals surface area contributed by atoms with E-state index < -0.39 is 24.2 Å². The van der Waals surface area contributed by atoms with Gasteiger partial charge in [0.1, 0.15) is 23.5 Å². The molecule has 5 nitrogen and oxygen atoms in total. The van der Waals surface area contributed by atoms with Gasteiger partial charge in [-0.2, -0.15) is 4.98 Å². The van der Waals surface area contributed by atoms with Gasteiger partial charge in [-0.15, -0.1) is 11.8 Å². The number of halogens is 1. The molecule has 0 spiro atoms. The Labute approximate surface area is 108 Å². The van der Waals surface area contributed by atoms with E-state index in [0.717, 1.165) is 5.56 Å². The van der Waals surface area contributed by atoms with Crippen LogP contribution in [0.25, 0.3) is 0 Å². The molecular weight excluding hydrogens is 259 g/mol. The summed E-state index contributed by atoms with van der Waals surface area (Å²) in [6.07, 6.45) is 0.718. The Balaban J connectivity index is 2.30. The monoisotopic (exact) mass is 274 g/mol. The Morgan fingerprint density at radius 3 is 3.00 bits per heavy atom. The summed E-state index contributed by atoms with van der Waals surface area (Å²) in [4.78, 5) is 15.7. The minimum absolute atomic E-state index is 0.0604. The van der Waals surface area contributed by atoms with Gasteiger partial charge in [-0.25, -0.2) is 9.18 Å². The number of aliphatic hydroxyl groups excluding tert-OH is 1. The van der Waals surface area contributed by atoms with Crippen LogP contribution >= 0.6 is 11.8 Å². The van der Waals surface area contributed by atoms with Crippen LogP contribution in [0, 0.1) is 6.92 Å². The zero-order valence-corrected chi connectivity index (χ0v) is 11.0. The second-order valence-electron chi connectivity index (χ2n) is 4.19. The molecule has 0 radical (unpaired) electrons. The van der Waals surface area contributed by atoms with Crippen molar-refractivity contribution in [1.29, 1.82) is 0 Å². The standard InChI is InChI=1S/C11H15FN2O3S/c1-6-4-14(11(16)13-10(6)18-2)9-3-7(12)8(5-15)17-9/h4,7-9,15H,3,5H2,1-2H3/t7-,8+,9-/m0/s1. The number of hydrogen-bond acceptors (Lipinski definition) is 5. The number of nitrogens with zero attached hydrogens (tertiary/aromatic N) is 2. The fraction of sp³-hybridized carbons (Fsp3) is 0.636. The molecule has 1 aliphatic rings. The summed E-state index contributed by atoms with van der Waals surface area (Å²) in [5.74, 6) is 0. The second-order valence-corrected chi connectivity index (χ2v) is 4.98. The van der Waals surface area contributed by atoms with E-state index in [1.807, 2.05) is 13.2 Å². The molecule has 100 valence electrons. The first kappa shape index (κ1) is 13.5. The molecule has 0 aliphatic carbocycles. The summed E-state index contributed by atoms with van der Waals surface area (Å²) in [5.41, 5.74) is 0.384. The van der Waals surface area contributed by atoms with Crippen LogP contribution in [-0.2, 0) is 4.74 Å². The van der Waals surface area contributed by atoms with Crippen LogP contribution in [-0.4, -0.2) is 39.8 Å². The summed E-state index contributed by atoms with van der Waals surface area (Å²) < 4.78 is 20.1. The molecule has 1 N–H and O–H groups in total. The first-order valence-corrected chi connectivity index (χ1v) is 6.83. The number of hydrogen-bond donors (Lipinski definition) is 1. The molecule has 2 rings (SSSR count). The van der Waals surface area contributed by atoms with Gasteiger partial charge in [-0.3, -0.25) is 4.57 Å². The number of alkyl halides is 1. The highest BCUT2D eigenvalue weighted by Crippen LogP contribution is 2.30. The first-order valence-electron chi connectivity index (χ1n) is 5.61. The molecular formula is C11H15FN2O3S. The van der Waals surface area contributed by atoms with Crippen molar-refractivity contribution in [3.63, 3.8) is 0 Å². The molecule has 1 aliphatic heterocycles. The zero-order valence-electron chi connectivity index (χ0n) is 10.2. The summed E-state index contributed by atoms with van der Waals surface area (Å²) in [5, 5.41) is 9.59. The molecule has 7 heteroatoms. The molecule has 1 aromatic heterocycles. The van der Waals surface area contributed by atoms with E-state index in [0.29, 0.717) is 5.03 Å². The Bertz CT molecular complexity index is 494. The topological polar surface area (TPSA) is 64.4 Å². The van der Waals surface area contributed by atoms with Crippen LogP contribution in [0.3, 0.4) is 0 Å². The summed E-state index contributed by atoms with van der Waals surface area (Å²) >= 11 is 1.39. The lowest BCUT2D eigenvalue weighted by molar-refractivity contribution is -0.0357. The number of aliphatic hydroxyl groups is 1. The van der Waals surface area contributed by atoms with Gasteiger partial charge in [0.05, 0.1) is 6.61 Å². The Morgan fingerprint density at radius 2 is 2.44 bits per heavy atom. The summed E-state index contributed by atoms with van der Waals surface area (Å²) in [6.45, 7) is 1.45. The lowest BCUT2D eigenvalue weighted by atomic mass is 10.2. The first-order chi connectivity index (χ1) is 8.56. The van der Waals surface area contributed by atoms with Crippen LogP contribution < -0.4 is 5.69 Å². The van der Waals surface area contributed by atoms with Gasteiger partial charge in [-0.1, -0.05) is 0 Å². The van der Waals surface area contributed by atoms with Crippen molar-refractivity contribution < 1.29 is 14.2 Å². The van der Waals surface area contributed by atoms with E-state index in [9.17, 15) is 9.18 Å². The van der Waals surface area contributed by atoms with Gasteiger partial charge in [0.25, 0.3) is 0 Å². The van der Waals surface area contributed by atoms with Gasteiger partial charge in [-0.05, 0) is 18.7 Å². The van der Waals surface area contributed by atoms with Crippen molar-refractivity contribution in [3.05, 3.63) is 22.2 Å². The van der Waals surface area contributed by atoms with E-state index in [4.69, 9.17) is 9.84 Å². The number of aromatic nitrogens is 2. The van der Waals surface area contributed by atoms with Gasteiger partial charge in [0, 0.05) is 12.6 Å². The minimum Gasteiger partial charge on any atom is -0.394 e. The number of rotatable bonds is 3. The predicted molar refractivity (Wildman–Crippen MR) is 65.5 cm³/mol. The SMILES string of the molecule is CSc1nc(=O)n([C@@H]2C[C@H](F)[C@@H](CO)O2)cc1C. The molecule has 1 aromatic rings. The lowest BCUT2D eigenvalue weighted by Crippen LogP contribution is -2.28. The van der Waals surface area contributed by atoms with Crippen LogP contribution in [0.1, 0.15) is 18.2 Å². The van der Waals surface area contributed by atoms with Crippen LogP contribution in [0.5, 0.6) is 0 Å². The summed E-state index contributed by atoms with van der Waals surface area (Å²) in [7, 11) is 0. The normalized spacial score (nSPS) is 27.7. The van der Waals surface area contributed by atoms with Crippen LogP contribution in [0.2, 0.25) is 0 Å². The molecule has 1 fully saturated rings. The maximum atomic E-state index is 13.5. The van der Waals surface area contributed by atoms with E-state index in [1.54, 1.807) is 6.20 Å². The van der Waals surface area contributed by atoms with E-state index in [2.05, 4.69) is 4.98 Å². The highest BCUT2D eigenvalue weighted by atomic mass is 32.2. The zero-order chi connectivity index (χ0) is 13.3. The van der Waals surface area contributed by atoms with Gasteiger partial charge < -0.3 is 9.84 Å². The Morgan fingerprint density at radius 1 is 1.72 bits per heavy atom. The van der Waals surface area contributed by atoms with Gasteiger partial charge in [0.15, 0.2) is 0 Å². The van der Waals surface area contributed by atoms with Crippen molar-refractivity contribution in [3.8, 4) is 0 Å². The third-order valence-electron chi connectivity index (χ3n) is 2.93. The predicted octanol–water partition coefficient (Wildman–Crippen LogP) is 0.892. The fourth-order valence-electron chi connectivity index (χ4n) is 1.99. The van der Waals surface area contributed by atoms with Crippen LogP contribution in [0.15, 0.2) is 16.0 Å². The molecule has 0 aromatic carbocycles. The van der Waals surface area contributed by atoms with Crippen molar-refractivity contribution in [2.75, 3.05) is 12.9 Å². The molecule has 0 bridgehead atoms. The minimum atomic E-state index is -1.26. The lowest BCUT2D eigenvalue weighted by Gasteiger charge is -2.15. The largest absolute Gasteiger partial charge is 0.394 e. The highest BCUT2D eigenvalue weighted by molar-refractivity contribution is 7.98. The Hall–Kier alpha value is -0.920. The smallest absolute Gasteiger partial charge is 0.350 e. The Kier molecular flexibility index (Phi) is 4.04. The third-order valence-corrected chi connectivity index (χ3v) is 3.73. The van der Waals surface area contributed by atoms with Gasteiger partial charge in [0.2, 0.25) is 0 Å². The van der Waals surface area contributed by atoms with Crippen molar-refractivity contribution >= 4 is 11.8 Å². The summed E-state index contributed by atoms with van der Waals surface area (Å²) in [6, 6.07) is 0. The van der Waals surface area contributed by atoms with E-state index in [1.165, 1.54) is 16.3 Å². The molecule has 18 heavy (non-hydrogen) atoms. The average molecular weight is 274 g/mol. The van der Waals surface area contributed by atoms with Gasteiger partial charge >= 0.3 is 5.69 Å². The fourth-order valence-corrected chi connectivity index (χ4v) is 2.53. The number of ether oxygens (including phenoxy) is 1. The second kappa shape index (κ2) is 5.38. The van der Waals surface area contributed by atoms with Crippen molar-refractivity contribution in [2.45, 2.75) is 36.9 Å².